The van der Waals surface area contributed by atoms with Gasteiger partial charge in [-0.3, -0.25) is 4.99 Å². The van der Waals surface area contributed by atoms with Crippen LogP contribution in [0.3, 0.4) is 0 Å². The summed E-state index contributed by atoms with van der Waals surface area (Å²) in [4.78, 5) is 5.11. The van der Waals surface area contributed by atoms with Crippen molar-refractivity contribution in [2.75, 3.05) is 0 Å². The first-order valence-corrected chi connectivity index (χ1v) is 14.8. The Bertz CT molecular complexity index is 1730. The third kappa shape index (κ3) is 6.00. The Morgan fingerprint density at radius 3 is 2.46 bits per heavy atom. The maximum absolute atomic E-state index is 5.11. The van der Waals surface area contributed by atoms with E-state index in [2.05, 4.69) is 141 Å². The lowest BCUT2D eigenvalue weighted by molar-refractivity contribution is 0.867. The molecule has 0 aromatic heterocycles. The summed E-state index contributed by atoms with van der Waals surface area (Å²) in [6.07, 6.45) is 29.6. The Labute approximate surface area is 244 Å². The third-order valence-electron chi connectivity index (χ3n) is 8.23. The van der Waals surface area contributed by atoms with Gasteiger partial charge in [0.25, 0.3) is 0 Å². The molecule has 0 bridgehead atoms. The molecular weight excluding hydrogens is 494 g/mol. The summed E-state index contributed by atoms with van der Waals surface area (Å²) in [7, 11) is 0. The molecule has 1 atom stereocenters. The number of fused-ring (bicyclic) bond motifs is 1. The van der Waals surface area contributed by atoms with Crippen molar-refractivity contribution in [3.8, 4) is 11.1 Å². The molecule has 3 aromatic carbocycles. The molecular formula is C40H37N. The van der Waals surface area contributed by atoms with Crippen molar-refractivity contribution < 1.29 is 0 Å². The quantitative estimate of drug-likeness (QED) is 0.269. The van der Waals surface area contributed by atoms with Gasteiger partial charge in [-0.15, -0.1) is 0 Å². The van der Waals surface area contributed by atoms with E-state index in [0.29, 0.717) is 0 Å². The molecule has 3 aliphatic rings. The lowest BCUT2D eigenvalue weighted by Gasteiger charge is -2.17. The fourth-order valence-electron chi connectivity index (χ4n) is 5.95. The lowest BCUT2D eigenvalue weighted by Crippen LogP contribution is -2.12. The molecule has 0 saturated carbocycles. The predicted molar refractivity (Wildman–Crippen MR) is 179 cm³/mol. The summed E-state index contributed by atoms with van der Waals surface area (Å²) in [6.45, 7) is 6.55. The highest BCUT2D eigenvalue weighted by atomic mass is 14.8. The van der Waals surface area contributed by atoms with Gasteiger partial charge in [-0.25, -0.2) is 0 Å². The average molecular weight is 532 g/mol. The van der Waals surface area contributed by atoms with Crippen molar-refractivity contribution in [1.29, 1.82) is 0 Å². The van der Waals surface area contributed by atoms with E-state index >= 15 is 0 Å². The van der Waals surface area contributed by atoms with Gasteiger partial charge in [-0.2, -0.15) is 0 Å². The molecule has 1 nitrogen and oxygen atoms in total. The van der Waals surface area contributed by atoms with Crippen LogP contribution >= 0.6 is 0 Å². The second kappa shape index (κ2) is 12.4. The molecule has 0 spiro atoms. The van der Waals surface area contributed by atoms with Crippen LogP contribution in [0.2, 0.25) is 0 Å². The zero-order valence-electron chi connectivity index (χ0n) is 23.9. The van der Waals surface area contributed by atoms with Crippen LogP contribution in [-0.2, 0) is 0 Å². The van der Waals surface area contributed by atoms with Gasteiger partial charge >= 0.3 is 0 Å². The molecule has 0 heterocycles. The van der Waals surface area contributed by atoms with Crippen LogP contribution in [0, 0.1) is 5.92 Å². The van der Waals surface area contributed by atoms with E-state index in [0.717, 1.165) is 43.5 Å². The summed E-state index contributed by atoms with van der Waals surface area (Å²) in [5.41, 5.74) is 10.7. The molecule has 1 unspecified atom stereocenters. The van der Waals surface area contributed by atoms with Gasteiger partial charge in [0.1, 0.15) is 0 Å². The zero-order valence-corrected chi connectivity index (χ0v) is 23.9. The number of rotatable bonds is 7. The Morgan fingerprint density at radius 1 is 0.854 bits per heavy atom. The maximum Gasteiger partial charge on any atom is 0.0593 e. The van der Waals surface area contributed by atoms with E-state index in [9.17, 15) is 0 Å². The average Bonchev–Trinajstić information content (AvgIpc) is 3.05. The van der Waals surface area contributed by atoms with Crippen LogP contribution in [0.5, 0.6) is 0 Å². The second-order valence-corrected chi connectivity index (χ2v) is 11.1. The summed E-state index contributed by atoms with van der Waals surface area (Å²) >= 11 is 0. The van der Waals surface area contributed by atoms with E-state index in [-0.39, 0.29) is 5.92 Å². The molecule has 1 heteroatoms. The van der Waals surface area contributed by atoms with Gasteiger partial charge < -0.3 is 0 Å². The van der Waals surface area contributed by atoms with Gasteiger partial charge in [0.05, 0.1) is 5.70 Å². The highest BCUT2D eigenvalue weighted by Gasteiger charge is 2.15. The van der Waals surface area contributed by atoms with Gasteiger partial charge in [-0.05, 0) is 101 Å². The summed E-state index contributed by atoms with van der Waals surface area (Å²) in [5.74, 6) is 0.245. The van der Waals surface area contributed by atoms with Crippen LogP contribution in [0.1, 0.15) is 50.2 Å². The first kappa shape index (κ1) is 26.7. The summed E-state index contributed by atoms with van der Waals surface area (Å²) in [5, 5.41) is 2.59. The smallest absolute Gasteiger partial charge is 0.0593 e. The minimum absolute atomic E-state index is 0.245. The summed E-state index contributed by atoms with van der Waals surface area (Å²) < 4.78 is 0. The first-order chi connectivity index (χ1) is 20.2. The van der Waals surface area contributed by atoms with Crippen molar-refractivity contribution in [3.05, 3.63) is 156 Å². The standard InChI is InChI=1S/C40H37N/c1-29(27-40(33-19-10-5-11-20-33)41-30(2)31-15-6-3-7-16-31)34-21-14-22-35(28-34)37-26-25-36(32-17-8-4-9-18-32)38-23-12-13-24-39(37)38/h3,5-6,8,10-15,17-19,21-28,33H,2,4,7,9,16,20H2,1H3/b29-27+,41-40?. The molecule has 3 aliphatic carbocycles. The van der Waals surface area contributed by atoms with Crippen LogP contribution in [0.4, 0.5) is 0 Å². The minimum atomic E-state index is 0.245. The van der Waals surface area contributed by atoms with Crippen molar-refractivity contribution >= 4 is 27.6 Å². The van der Waals surface area contributed by atoms with Gasteiger partial charge in [0, 0.05) is 11.6 Å². The Hall–Kier alpha value is -4.49. The van der Waals surface area contributed by atoms with Gasteiger partial charge in [0.2, 0.25) is 0 Å². The lowest BCUT2D eigenvalue weighted by atomic mass is 9.89. The minimum Gasteiger partial charge on any atom is -0.253 e. The molecule has 0 fully saturated rings. The topological polar surface area (TPSA) is 12.4 Å². The third-order valence-corrected chi connectivity index (χ3v) is 8.23. The Kier molecular flexibility index (Phi) is 8.05. The maximum atomic E-state index is 5.11. The van der Waals surface area contributed by atoms with Crippen LogP contribution < -0.4 is 0 Å². The van der Waals surface area contributed by atoms with E-state index < -0.39 is 0 Å². The summed E-state index contributed by atoms with van der Waals surface area (Å²) in [6, 6.07) is 22.3. The molecule has 0 radical (unpaired) electrons. The molecule has 0 N–H and O–H groups in total. The SMILES string of the molecule is C=C(N=C(/C=C(\C)c1cccc(-c2ccc(C3=CCCC=C3)c3ccccc23)c1)C1C=CC=CC1)C1=CC=CCC1. The van der Waals surface area contributed by atoms with Crippen LogP contribution in [-0.4, -0.2) is 5.71 Å². The number of aliphatic imine (C=N–C) groups is 1. The molecule has 41 heavy (non-hydrogen) atoms. The number of hydrogen-bond donors (Lipinski definition) is 0. The van der Waals surface area contributed by atoms with Crippen LogP contribution in [0.25, 0.3) is 33.0 Å². The predicted octanol–water partition coefficient (Wildman–Crippen LogP) is 11.0. The van der Waals surface area contributed by atoms with Crippen LogP contribution in [0.15, 0.2) is 150 Å². The number of benzene rings is 3. The Morgan fingerprint density at radius 2 is 1.71 bits per heavy atom. The van der Waals surface area contributed by atoms with Gasteiger partial charge in [-0.1, -0.05) is 122 Å². The normalized spacial score (nSPS) is 18.9. The van der Waals surface area contributed by atoms with Crippen molar-refractivity contribution in [3.63, 3.8) is 0 Å². The highest BCUT2D eigenvalue weighted by molar-refractivity contribution is 6.06. The molecule has 0 saturated heterocycles. The number of hydrogen-bond acceptors (Lipinski definition) is 1. The molecule has 6 rings (SSSR count). The van der Waals surface area contributed by atoms with E-state index in [1.807, 2.05) is 0 Å². The fourth-order valence-corrected chi connectivity index (χ4v) is 5.95. The second-order valence-electron chi connectivity index (χ2n) is 11.1. The van der Waals surface area contributed by atoms with Crippen molar-refractivity contribution in [2.45, 2.75) is 39.0 Å². The van der Waals surface area contributed by atoms with E-state index in [1.165, 1.54) is 49.7 Å². The highest BCUT2D eigenvalue weighted by Crippen LogP contribution is 2.36. The molecule has 202 valence electrons. The number of nitrogens with zero attached hydrogens (tertiary/aromatic N) is 1. The molecule has 3 aromatic rings. The largest absolute Gasteiger partial charge is 0.253 e. The molecule has 0 aliphatic heterocycles. The van der Waals surface area contributed by atoms with Crippen molar-refractivity contribution in [1.82, 2.24) is 0 Å². The number of allylic oxidation sites excluding steroid dienone is 14. The first-order valence-electron chi connectivity index (χ1n) is 14.8. The van der Waals surface area contributed by atoms with Crippen molar-refractivity contribution in [2.24, 2.45) is 10.9 Å². The monoisotopic (exact) mass is 531 g/mol. The Balaban J connectivity index is 1.37. The van der Waals surface area contributed by atoms with E-state index in [1.54, 1.807) is 0 Å². The fraction of sp³-hybridized carbons (Fsp3) is 0.175. The van der Waals surface area contributed by atoms with E-state index in [4.69, 9.17) is 4.99 Å². The molecule has 0 amide bonds. The zero-order chi connectivity index (χ0) is 28.0. The van der Waals surface area contributed by atoms with Gasteiger partial charge in [0.15, 0.2) is 0 Å².